The fourth-order valence-corrected chi connectivity index (χ4v) is 3.58. The first kappa shape index (κ1) is 13.4. The van der Waals surface area contributed by atoms with Crippen molar-refractivity contribution in [3.8, 4) is 11.4 Å². The molecule has 5 rings (SSSR count). The van der Waals surface area contributed by atoms with Gasteiger partial charge < -0.3 is 4.90 Å². The molecule has 0 bridgehead atoms. The van der Waals surface area contributed by atoms with Gasteiger partial charge in [-0.15, -0.1) is 0 Å². The molecular formula is C20H16N4. The van der Waals surface area contributed by atoms with Crippen molar-refractivity contribution in [1.29, 1.82) is 0 Å². The Kier molecular flexibility index (Phi) is 2.65. The van der Waals surface area contributed by atoms with E-state index in [0.29, 0.717) is 0 Å². The van der Waals surface area contributed by atoms with Crippen molar-refractivity contribution in [2.24, 2.45) is 0 Å². The third-order valence-corrected chi connectivity index (χ3v) is 4.76. The largest absolute Gasteiger partial charge is 0.378 e. The predicted molar refractivity (Wildman–Crippen MR) is 97.4 cm³/mol. The van der Waals surface area contributed by atoms with Crippen molar-refractivity contribution in [3.63, 3.8) is 0 Å². The van der Waals surface area contributed by atoms with Crippen LogP contribution in [0, 0.1) is 0 Å². The molecule has 1 aliphatic rings. The molecule has 1 aliphatic carbocycles. The second-order valence-corrected chi connectivity index (χ2v) is 6.42. The minimum absolute atomic E-state index is 0.809. The van der Waals surface area contributed by atoms with Crippen LogP contribution in [-0.2, 0) is 6.42 Å². The summed E-state index contributed by atoms with van der Waals surface area (Å²) in [5.74, 6) is 0. The van der Waals surface area contributed by atoms with Crippen LogP contribution in [0.1, 0.15) is 11.3 Å². The van der Waals surface area contributed by atoms with Crippen molar-refractivity contribution in [3.05, 3.63) is 60.0 Å². The Labute approximate surface area is 139 Å². The van der Waals surface area contributed by atoms with E-state index in [0.717, 1.165) is 34.4 Å². The Hall–Kier alpha value is -3.01. The molecule has 3 aromatic heterocycles. The topological polar surface area (TPSA) is 41.9 Å². The van der Waals surface area contributed by atoms with Gasteiger partial charge in [-0.1, -0.05) is 6.07 Å². The number of hydrogen-bond acceptors (Lipinski definition) is 4. The van der Waals surface area contributed by atoms with Crippen LogP contribution in [0.4, 0.5) is 5.69 Å². The molecule has 0 aliphatic heterocycles. The maximum atomic E-state index is 4.95. The highest BCUT2D eigenvalue weighted by atomic mass is 15.1. The minimum Gasteiger partial charge on any atom is -0.378 e. The van der Waals surface area contributed by atoms with Crippen molar-refractivity contribution in [2.75, 3.05) is 19.0 Å². The van der Waals surface area contributed by atoms with E-state index in [1.165, 1.54) is 22.0 Å². The summed E-state index contributed by atoms with van der Waals surface area (Å²) >= 11 is 0. The lowest BCUT2D eigenvalue weighted by Gasteiger charge is -2.20. The Morgan fingerprint density at radius 3 is 2.67 bits per heavy atom. The van der Waals surface area contributed by atoms with Gasteiger partial charge in [0.05, 0.1) is 22.6 Å². The molecule has 0 unspecified atom stereocenters. The van der Waals surface area contributed by atoms with Crippen LogP contribution in [0.15, 0.2) is 48.8 Å². The van der Waals surface area contributed by atoms with Crippen molar-refractivity contribution in [2.45, 2.75) is 6.42 Å². The summed E-state index contributed by atoms with van der Waals surface area (Å²) in [4.78, 5) is 16.3. The fraction of sp³-hybridized carbons (Fsp3) is 0.150. The van der Waals surface area contributed by atoms with E-state index in [9.17, 15) is 0 Å². The molecule has 0 saturated heterocycles. The summed E-state index contributed by atoms with van der Waals surface area (Å²) in [6.07, 6.45) is 4.53. The zero-order valence-corrected chi connectivity index (χ0v) is 13.6. The number of nitrogens with zero attached hydrogens (tertiary/aromatic N) is 4. The summed E-state index contributed by atoms with van der Waals surface area (Å²) in [7, 11) is 4.11. The van der Waals surface area contributed by atoms with Crippen molar-refractivity contribution in [1.82, 2.24) is 15.0 Å². The van der Waals surface area contributed by atoms with E-state index in [2.05, 4.69) is 59.3 Å². The van der Waals surface area contributed by atoms with Crippen LogP contribution >= 0.6 is 0 Å². The van der Waals surface area contributed by atoms with Gasteiger partial charge in [0.1, 0.15) is 0 Å². The zero-order chi connectivity index (χ0) is 16.3. The van der Waals surface area contributed by atoms with E-state index in [1.54, 1.807) is 0 Å². The number of fused-ring (bicyclic) bond motifs is 4. The summed E-state index contributed by atoms with van der Waals surface area (Å²) in [6, 6.07) is 12.6. The van der Waals surface area contributed by atoms with Crippen LogP contribution in [0.3, 0.4) is 0 Å². The zero-order valence-electron chi connectivity index (χ0n) is 13.6. The number of benzene rings is 1. The minimum atomic E-state index is 0.809. The van der Waals surface area contributed by atoms with Crippen molar-refractivity contribution < 1.29 is 0 Å². The summed E-state index contributed by atoms with van der Waals surface area (Å²) in [6.45, 7) is 0. The van der Waals surface area contributed by atoms with E-state index < -0.39 is 0 Å². The van der Waals surface area contributed by atoms with Crippen LogP contribution < -0.4 is 4.90 Å². The van der Waals surface area contributed by atoms with Gasteiger partial charge in [-0.25, -0.2) is 0 Å². The quantitative estimate of drug-likeness (QED) is 0.441. The molecule has 0 spiro atoms. The van der Waals surface area contributed by atoms with Gasteiger partial charge in [0.2, 0.25) is 0 Å². The van der Waals surface area contributed by atoms with Crippen molar-refractivity contribution >= 4 is 27.4 Å². The molecule has 1 aromatic carbocycles. The molecule has 0 N–H and O–H groups in total. The van der Waals surface area contributed by atoms with Gasteiger partial charge in [0.15, 0.2) is 0 Å². The molecule has 0 atom stereocenters. The molecule has 4 nitrogen and oxygen atoms in total. The first-order valence-corrected chi connectivity index (χ1v) is 8.05. The molecule has 0 radical (unpaired) electrons. The van der Waals surface area contributed by atoms with Gasteiger partial charge in [-0.2, -0.15) is 0 Å². The number of anilines is 1. The molecule has 24 heavy (non-hydrogen) atoms. The summed E-state index contributed by atoms with van der Waals surface area (Å²) < 4.78 is 0. The van der Waals surface area contributed by atoms with Crippen LogP contribution in [0.5, 0.6) is 0 Å². The highest BCUT2D eigenvalue weighted by molar-refractivity contribution is 6.12. The molecule has 3 heterocycles. The number of pyridine rings is 3. The van der Waals surface area contributed by atoms with E-state index in [-0.39, 0.29) is 0 Å². The number of hydrogen-bond donors (Lipinski definition) is 0. The Bertz CT molecular complexity index is 1120. The van der Waals surface area contributed by atoms with E-state index >= 15 is 0 Å². The Morgan fingerprint density at radius 2 is 1.79 bits per heavy atom. The van der Waals surface area contributed by atoms with Gasteiger partial charge in [0.25, 0.3) is 0 Å². The average molecular weight is 312 g/mol. The monoisotopic (exact) mass is 312 g/mol. The third kappa shape index (κ3) is 1.77. The number of rotatable bonds is 1. The smallest absolute Gasteiger partial charge is 0.0986 e. The summed E-state index contributed by atoms with van der Waals surface area (Å²) in [5, 5.41) is 3.52. The SMILES string of the molecule is CN(C)c1ccc2nc3c4c(nccc4c2c1)-c1ncccc1C3. The third-order valence-electron chi connectivity index (χ3n) is 4.76. The molecular weight excluding hydrogens is 296 g/mol. The lowest BCUT2D eigenvalue weighted by molar-refractivity contribution is 1.07. The molecule has 0 saturated carbocycles. The second kappa shape index (κ2) is 4.74. The Morgan fingerprint density at radius 1 is 0.917 bits per heavy atom. The first-order valence-electron chi connectivity index (χ1n) is 8.05. The average Bonchev–Trinajstić information content (AvgIpc) is 2.61. The fourth-order valence-electron chi connectivity index (χ4n) is 3.58. The molecule has 4 aromatic rings. The summed E-state index contributed by atoms with van der Waals surface area (Å²) in [5.41, 5.74) is 6.44. The molecule has 4 heteroatoms. The van der Waals surface area contributed by atoms with E-state index in [4.69, 9.17) is 4.98 Å². The van der Waals surface area contributed by atoms with E-state index in [1.807, 2.05) is 18.5 Å². The lowest BCUT2D eigenvalue weighted by Crippen LogP contribution is -2.09. The first-order chi connectivity index (χ1) is 11.7. The standard InChI is InChI=1S/C20H16N4/c1-24(2)13-5-6-16-15(11-13)14-7-9-22-20-18(14)17(23-16)10-12-4-3-8-21-19(12)20/h3-9,11H,10H2,1-2H3. The highest BCUT2D eigenvalue weighted by Gasteiger charge is 2.22. The lowest BCUT2D eigenvalue weighted by atomic mass is 9.91. The van der Waals surface area contributed by atoms with Gasteiger partial charge in [-0.3, -0.25) is 15.0 Å². The van der Waals surface area contributed by atoms with Gasteiger partial charge >= 0.3 is 0 Å². The normalized spacial score (nSPS) is 12.4. The molecule has 0 fully saturated rings. The molecule has 116 valence electrons. The van der Waals surface area contributed by atoms with Gasteiger partial charge in [-0.05, 0) is 41.3 Å². The molecule has 0 amide bonds. The van der Waals surface area contributed by atoms with Crippen LogP contribution in [0.2, 0.25) is 0 Å². The predicted octanol–water partition coefficient (Wildman–Crippen LogP) is 3.82. The maximum Gasteiger partial charge on any atom is 0.0986 e. The highest BCUT2D eigenvalue weighted by Crippen LogP contribution is 2.39. The number of aromatic nitrogens is 3. The van der Waals surface area contributed by atoms with Crippen LogP contribution in [-0.4, -0.2) is 29.0 Å². The Balaban J connectivity index is 1.94. The van der Waals surface area contributed by atoms with Gasteiger partial charge in [0, 0.05) is 49.4 Å². The second-order valence-electron chi connectivity index (χ2n) is 6.42. The van der Waals surface area contributed by atoms with Crippen LogP contribution in [0.25, 0.3) is 33.1 Å². The maximum absolute atomic E-state index is 4.95.